The molecule has 23 heavy (non-hydrogen) atoms. The van der Waals surface area contributed by atoms with E-state index in [-0.39, 0.29) is 11.9 Å². The highest BCUT2D eigenvalue weighted by Gasteiger charge is 2.27. The molecule has 0 atom stereocenters. The molecule has 2 aromatic rings. The SMILES string of the molecule is COC(=O)c1c(NC(=O)CCc2ccccc2)sc2c1CCC2. The smallest absolute Gasteiger partial charge is 0.341 e. The average Bonchev–Trinajstić information content (AvgIpc) is 3.14. The topological polar surface area (TPSA) is 55.4 Å². The molecule has 0 saturated heterocycles. The van der Waals surface area contributed by atoms with Gasteiger partial charge in [-0.05, 0) is 36.8 Å². The Hall–Kier alpha value is -2.14. The maximum absolute atomic E-state index is 12.2. The Morgan fingerprint density at radius 3 is 2.74 bits per heavy atom. The van der Waals surface area contributed by atoms with Crippen LogP contribution in [0.3, 0.4) is 0 Å². The molecule has 0 spiro atoms. The van der Waals surface area contributed by atoms with E-state index in [1.54, 1.807) is 0 Å². The minimum Gasteiger partial charge on any atom is -0.465 e. The number of thiophene rings is 1. The van der Waals surface area contributed by atoms with Crippen molar-refractivity contribution < 1.29 is 14.3 Å². The Morgan fingerprint density at radius 1 is 1.22 bits per heavy atom. The van der Waals surface area contributed by atoms with Gasteiger partial charge in [0.15, 0.2) is 0 Å². The van der Waals surface area contributed by atoms with Crippen molar-refractivity contribution in [3.8, 4) is 0 Å². The second-order valence-electron chi connectivity index (χ2n) is 5.59. The van der Waals surface area contributed by atoms with E-state index in [0.29, 0.717) is 23.4 Å². The molecule has 4 nitrogen and oxygen atoms in total. The minimum atomic E-state index is -0.359. The number of methoxy groups -OCH3 is 1. The van der Waals surface area contributed by atoms with Crippen molar-refractivity contribution in [1.82, 2.24) is 0 Å². The number of ether oxygens (including phenoxy) is 1. The van der Waals surface area contributed by atoms with Crippen molar-refractivity contribution in [2.24, 2.45) is 0 Å². The normalized spacial score (nSPS) is 12.7. The molecule has 0 saturated carbocycles. The van der Waals surface area contributed by atoms with Gasteiger partial charge in [-0.25, -0.2) is 4.79 Å². The molecule has 0 radical (unpaired) electrons. The van der Waals surface area contributed by atoms with Crippen molar-refractivity contribution in [3.63, 3.8) is 0 Å². The van der Waals surface area contributed by atoms with Crippen LogP contribution in [0.2, 0.25) is 0 Å². The van der Waals surface area contributed by atoms with Gasteiger partial charge >= 0.3 is 5.97 Å². The number of esters is 1. The third-order valence-electron chi connectivity index (χ3n) is 4.05. The van der Waals surface area contributed by atoms with Crippen LogP contribution in [-0.2, 0) is 28.8 Å². The summed E-state index contributed by atoms with van der Waals surface area (Å²) in [5, 5.41) is 3.54. The van der Waals surface area contributed by atoms with Gasteiger partial charge in [-0.3, -0.25) is 4.79 Å². The van der Waals surface area contributed by atoms with Crippen LogP contribution in [0.1, 0.15) is 39.2 Å². The minimum absolute atomic E-state index is 0.0704. The molecule has 1 N–H and O–H groups in total. The van der Waals surface area contributed by atoms with Crippen molar-refractivity contribution in [2.45, 2.75) is 32.1 Å². The first-order valence-corrected chi connectivity index (χ1v) is 8.57. The summed E-state index contributed by atoms with van der Waals surface area (Å²) < 4.78 is 4.89. The zero-order chi connectivity index (χ0) is 16.2. The fraction of sp³-hybridized carbons (Fsp3) is 0.333. The number of anilines is 1. The first-order chi connectivity index (χ1) is 11.2. The summed E-state index contributed by atoms with van der Waals surface area (Å²) in [6, 6.07) is 9.90. The number of hydrogen-bond donors (Lipinski definition) is 1. The zero-order valence-electron chi connectivity index (χ0n) is 13.1. The molecule has 5 heteroatoms. The number of amides is 1. The molecule has 1 heterocycles. The van der Waals surface area contributed by atoms with E-state index in [4.69, 9.17) is 4.74 Å². The number of carbonyl (C=O) groups excluding carboxylic acids is 2. The van der Waals surface area contributed by atoms with Crippen LogP contribution in [-0.4, -0.2) is 19.0 Å². The highest BCUT2D eigenvalue weighted by atomic mass is 32.1. The lowest BCUT2D eigenvalue weighted by molar-refractivity contribution is -0.116. The summed E-state index contributed by atoms with van der Waals surface area (Å²) in [4.78, 5) is 25.5. The first kappa shape index (κ1) is 15.7. The van der Waals surface area contributed by atoms with Crippen molar-refractivity contribution in [2.75, 3.05) is 12.4 Å². The fourth-order valence-electron chi connectivity index (χ4n) is 2.90. The van der Waals surface area contributed by atoms with E-state index in [2.05, 4.69) is 5.32 Å². The third-order valence-corrected chi connectivity index (χ3v) is 5.25. The highest BCUT2D eigenvalue weighted by molar-refractivity contribution is 7.17. The molecule has 120 valence electrons. The van der Waals surface area contributed by atoms with Gasteiger partial charge in [-0.1, -0.05) is 30.3 Å². The van der Waals surface area contributed by atoms with E-state index in [9.17, 15) is 9.59 Å². The predicted octanol–water partition coefficient (Wildman–Crippen LogP) is 3.59. The summed E-state index contributed by atoms with van der Waals surface area (Å²) >= 11 is 1.51. The number of carbonyl (C=O) groups is 2. The van der Waals surface area contributed by atoms with Gasteiger partial charge in [0.25, 0.3) is 0 Å². The van der Waals surface area contributed by atoms with E-state index in [0.717, 1.165) is 30.4 Å². The van der Waals surface area contributed by atoms with Crippen LogP contribution in [0.4, 0.5) is 5.00 Å². The molecule has 1 aromatic carbocycles. The largest absolute Gasteiger partial charge is 0.465 e. The number of fused-ring (bicyclic) bond motifs is 1. The van der Waals surface area contributed by atoms with E-state index >= 15 is 0 Å². The Morgan fingerprint density at radius 2 is 2.00 bits per heavy atom. The summed E-state index contributed by atoms with van der Waals surface area (Å²) in [6.45, 7) is 0. The Balaban J connectivity index is 1.70. The van der Waals surface area contributed by atoms with Gasteiger partial charge in [-0.2, -0.15) is 0 Å². The number of benzene rings is 1. The summed E-state index contributed by atoms with van der Waals surface area (Å²) in [7, 11) is 1.38. The van der Waals surface area contributed by atoms with Crippen LogP contribution in [0, 0.1) is 0 Å². The molecule has 0 unspecified atom stereocenters. The lowest BCUT2D eigenvalue weighted by Crippen LogP contribution is -2.14. The second kappa shape index (κ2) is 6.96. The number of hydrogen-bond acceptors (Lipinski definition) is 4. The Bertz CT molecular complexity index is 721. The highest BCUT2D eigenvalue weighted by Crippen LogP contribution is 2.39. The quantitative estimate of drug-likeness (QED) is 0.853. The zero-order valence-corrected chi connectivity index (χ0v) is 13.9. The summed E-state index contributed by atoms with van der Waals surface area (Å²) in [5.74, 6) is -0.429. The lowest BCUT2D eigenvalue weighted by atomic mass is 10.1. The molecule has 3 rings (SSSR count). The number of aryl methyl sites for hydroxylation is 2. The number of nitrogens with one attached hydrogen (secondary N) is 1. The maximum atomic E-state index is 12.2. The first-order valence-electron chi connectivity index (χ1n) is 7.75. The van der Waals surface area contributed by atoms with Crippen LogP contribution in [0.5, 0.6) is 0 Å². The van der Waals surface area contributed by atoms with E-state index in [1.165, 1.54) is 23.3 Å². The van der Waals surface area contributed by atoms with Crippen LogP contribution in [0.25, 0.3) is 0 Å². The Kier molecular flexibility index (Phi) is 4.76. The van der Waals surface area contributed by atoms with Crippen molar-refractivity contribution in [1.29, 1.82) is 0 Å². The second-order valence-corrected chi connectivity index (χ2v) is 6.69. The standard InChI is InChI=1S/C18H19NO3S/c1-22-18(21)16-13-8-5-9-14(13)23-17(16)19-15(20)11-10-12-6-3-2-4-7-12/h2-4,6-7H,5,8-11H2,1H3,(H,19,20). The third kappa shape index (κ3) is 3.45. The molecular formula is C18H19NO3S. The van der Waals surface area contributed by atoms with E-state index in [1.807, 2.05) is 30.3 Å². The monoisotopic (exact) mass is 329 g/mol. The van der Waals surface area contributed by atoms with Gasteiger partial charge in [0.2, 0.25) is 5.91 Å². The van der Waals surface area contributed by atoms with Crippen molar-refractivity contribution in [3.05, 3.63) is 51.9 Å². The molecule has 1 aliphatic rings. The predicted molar refractivity (Wildman–Crippen MR) is 91.1 cm³/mol. The molecular weight excluding hydrogens is 310 g/mol. The lowest BCUT2D eigenvalue weighted by Gasteiger charge is -2.07. The van der Waals surface area contributed by atoms with Gasteiger partial charge in [-0.15, -0.1) is 11.3 Å². The van der Waals surface area contributed by atoms with Gasteiger partial charge in [0.1, 0.15) is 5.00 Å². The van der Waals surface area contributed by atoms with Gasteiger partial charge in [0, 0.05) is 11.3 Å². The molecule has 1 aliphatic carbocycles. The average molecular weight is 329 g/mol. The molecule has 0 fully saturated rings. The number of rotatable bonds is 5. The summed E-state index contributed by atoms with van der Waals surface area (Å²) in [5.41, 5.74) is 2.74. The molecule has 0 aliphatic heterocycles. The molecule has 0 bridgehead atoms. The molecule has 1 aromatic heterocycles. The maximum Gasteiger partial charge on any atom is 0.341 e. The van der Waals surface area contributed by atoms with Gasteiger partial charge < -0.3 is 10.1 Å². The van der Waals surface area contributed by atoms with Crippen LogP contribution in [0.15, 0.2) is 30.3 Å². The van der Waals surface area contributed by atoms with E-state index < -0.39 is 0 Å². The molecule has 1 amide bonds. The van der Waals surface area contributed by atoms with Crippen LogP contribution >= 0.6 is 11.3 Å². The summed E-state index contributed by atoms with van der Waals surface area (Å²) in [6.07, 6.45) is 4.01. The van der Waals surface area contributed by atoms with Crippen molar-refractivity contribution >= 4 is 28.2 Å². The van der Waals surface area contributed by atoms with Crippen LogP contribution < -0.4 is 5.32 Å². The van der Waals surface area contributed by atoms with Gasteiger partial charge in [0.05, 0.1) is 12.7 Å². The Labute approximate surface area is 139 Å². The fourth-order valence-corrected chi connectivity index (χ4v) is 4.20.